The van der Waals surface area contributed by atoms with E-state index in [4.69, 9.17) is 7.15 Å². The first-order valence-corrected chi connectivity index (χ1v) is 15.0. The number of nitrogens with one attached hydrogen (secondary N) is 1. The molecule has 10 nitrogen and oxygen atoms in total. The van der Waals surface area contributed by atoms with Gasteiger partial charge in [0, 0.05) is 29.4 Å². The van der Waals surface area contributed by atoms with Crippen LogP contribution >= 0.6 is 0 Å². The molecule has 232 valence electrons. The molecule has 1 aromatic heterocycles. The number of likely N-dealkylation sites (tertiary alicyclic amines) is 1. The van der Waals surface area contributed by atoms with Crippen LogP contribution in [0.5, 0.6) is 0 Å². The fourth-order valence-corrected chi connectivity index (χ4v) is 6.06. The van der Waals surface area contributed by atoms with Crippen LogP contribution in [0.2, 0.25) is 1.41 Å². The molecule has 1 aliphatic heterocycles. The molecule has 0 aliphatic carbocycles. The van der Waals surface area contributed by atoms with Crippen LogP contribution in [0.4, 0.5) is 11.5 Å². The van der Waals surface area contributed by atoms with Gasteiger partial charge in [-0.3, -0.25) is 19.3 Å². The molecule has 0 unspecified atom stereocenters. The van der Waals surface area contributed by atoms with Gasteiger partial charge in [0.15, 0.2) is 1.41 Å². The first-order chi connectivity index (χ1) is 22.7. The highest BCUT2D eigenvalue weighted by Gasteiger charge is 2.41. The third kappa shape index (κ3) is 5.84. The van der Waals surface area contributed by atoms with E-state index in [1.165, 1.54) is 9.80 Å². The summed E-state index contributed by atoms with van der Waals surface area (Å²) in [7, 11) is 0. The number of nitrogen functional groups attached to an aromatic ring is 1. The molecule has 1 saturated heterocycles. The molecule has 5 aromatic rings. The van der Waals surface area contributed by atoms with Gasteiger partial charge in [0.25, 0.3) is 11.8 Å². The van der Waals surface area contributed by atoms with E-state index in [1.807, 2.05) is 30.3 Å². The number of hydrogen-bond acceptors (Lipinski definition) is 6. The zero-order chi connectivity index (χ0) is 33.2. The Morgan fingerprint density at radius 1 is 0.957 bits per heavy atom. The highest BCUT2D eigenvalue weighted by Crippen LogP contribution is 2.30. The lowest BCUT2D eigenvalue weighted by Crippen LogP contribution is -2.54. The van der Waals surface area contributed by atoms with Crippen LogP contribution < -0.4 is 15.9 Å². The number of carboxylic acid groups (broad SMARTS) is 1. The molecule has 0 saturated carbocycles. The molecule has 0 radical (unpaired) electrons. The van der Waals surface area contributed by atoms with Crippen molar-refractivity contribution >= 4 is 56.7 Å². The summed E-state index contributed by atoms with van der Waals surface area (Å²) in [6.07, 6.45) is 2.39. The molecule has 0 spiro atoms. The van der Waals surface area contributed by atoms with Crippen molar-refractivity contribution in [2.75, 3.05) is 17.2 Å². The second kappa shape index (κ2) is 12.7. The summed E-state index contributed by atoms with van der Waals surface area (Å²) < 4.78 is 9.11. The predicted molar refractivity (Wildman–Crippen MR) is 176 cm³/mol. The maximum Gasteiger partial charge on any atom is 0.326 e. The zero-order valence-corrected chi connectivity index (χ0v) is 25.1. The van der Waals surface area contributed by atoms with Gasteiger partial charge in [0.2, 0.25) is 5.91 Å². The molecule has 2 heterocycles. The molecular weight excluding hydrogens is 582 g/mol. The number of pyridine rings is 1. The number of carboxylic acids is 1. The van der Waals surface area contributed by atoms with Crippen LogP contribution in [0.15, 0.2) is 103 Å². The van der Waals surface area contributed by atoms with Crippen LogP contribution in [0.3, 0.4) is 0 Å². The molecule has 1 fully saturated rings. The van der Waals surface area contributed by atoms with Crippen molar-refractivity contribution in [1.82, 2.24) is 15.2 Å². The number of fused-ring (bicyclic) bond motifs is 2. The summed E-state index contributed by atoms with van der Waals surface area (Å²) >= 11 is 0. The summed E-state index contributed by atoms with van der Waals surface area (Å²) in [5, 5.41) is 13.4. The molecule has 0 bridgehead atoms. The monoisotopic (exact) mass is 616 g/mol. The van der Waals surface area contributed by atoms with Crippen molar-refractivity contribution in [2.24, 2.45) is 0 Å². The lowest BCUT2D eigenvalue weighted by Gasteiger charge is -2.35. The van der Waals surface area contributed by atoms with E-state index >= 15 is 0 Å². The third-order valence-electron chi connectivity index (χ3n) is 8.45. The number of nitrogens with zero attached hydrogens (tertiary/aromatic N) is 3. The number of carbonyl (C=O) groups is 4. The molecule has 6 rings (SSSR count). The van der Waals surface area contributed by atoms with Gasteiger partial charge in [0.05, 0.1) is 0 Å². The van der Waals surface area contributed by atoms with Crippen molar-refractivity contribution in [3.8, 4) is 0 Å². The quantitative estimate of drug-likeness (QED) is 0.224. The molecule has 3 amide bonds. The number of rotatable bonds is 8. The van der Waals surface area contributed by atoms with Crippen LogP contribution in [0, 0.1) is 0 Å². The zero-order valence-electron chi connectivity index (χ0n) is 26.1. The van der Waals surface area contributed by atoms with E-state index < -0.39 is 41.8 Å². The van der Waals surface area contributed by atoms with Crippen molar-refractivity contribution in [3.63, 3.8) is 0 Å². The number of carbonyl (C=O) groups excluding carboxylic acids is 3. The molecule has 46 heavy (non-hydrogen) atoms. The Hall–Kier alpha value is -5.77. The van der Waals surface area contributed by atoms with E-state index in [9.17, 15) is 24.3 Å². The van der Waals surface area contributed by atoms with Gasteiger partial charge in [-0.2, -0.15) is 0 Å². The van der Waals surface area contributed by atoms with Crippen LogP contribution in [0.25, 0.3) is 21.5 Å². The average Bonchev–Trinajstić information content (AvgIpc) is 3.59. The van der Waals surface area contributed by atoms with E-state index in [0.29, 0.717) is 34.8 Å². The molecule has 4 N–H and O–H groups in total. The Balaban J connectivity index is 1.45. The first-order valence-electron chi connectivity index (χ1n) is 15.5. The number of benzene rings is 4. The number of nitrogens with two attached hydrogens (primary N) is 1. The fourth-order valence-electron chi connectivity index (χ4n) is 6.06. The largest absolute Gasteiger partial charge is 0.480 e. The van der Waals surface area contributed by atoms with Gasteiger partial charge in [-0.25, -0.2) is 9.78 Å². The van der Waals surface area contributed by atoms with E-state index in [-0.39, 0.29) is 17.9 Å². The van der Waals surface area contributed by atoms with Crippen molar-refractivity contribution < 1.29 is 25.7 Å². The lowest BCUT2D eigenvalue weighted by atomic mass is 10.0. The first kappa shape index (κ1) is 29.0. The van der Waals surface area contributed by atoms with Gasteiger partial charge in [-0.15, -0.1) is 0 Å². The van der Waals surface area contributed by atoms with Crippen molar-refractivity contribution in [3.05, 3.63) is 114 Å². The van der Waals surface area contributed by atoms with Gasteiger partial charge in [-0.1, -0.05) is 66.7 Å². The van der Waals surface area contributed by atoms with Gasteiger partial charge in [0.1, 0.15) is 23.9 Å². The topological polar surface area (TPSA) is 146 Å². The van der Waals surface area contributed by atoms with E-state index in [2.05, 4.69) is 4.98 Å². The SMILES string of the molecule is [2H]N(C(=O)c1ccc2ccnc(N)c2c1)[C@@H](C(=O)N(c1ccc2ccccc2c1)[C@@H](C)C(=O)N1CCC[C@@H]1C(=O)O)c1ccccc1. The second-order valence-electron chi connectivity index (χ2n) is 11.3. The summed E-state index contributed by atoms with van der Waals surface area (Å²) in [5.41, 5.74) is 6.92. The number of aliphatic carboxylic acids is 1. The lowest BCUT2D eigenvalue weighted by molar-refractivity contribution is -0.148. The summed E-state index contributed by atoms with van der Waals surface area (Å²) in [6, 6.07) is 24.2. The Morgan fingerprint density at radius 3 is 2.43 bits per heavy atom. The highest BCUT2D eigenvalue weighted by atomic mass is 16.4. The minimum absolute atomic E-state index is 0.128. The molecular formula is C36H33N5O5. The highest BCUT2D eigenvalue weighted by molar-refractivity contribution is 6.08. The van der Waals surface area contributed by atoms with Crippen LogP contribution in [0.1, 0.15) is 41.7 Å². The van der Waals surface area contributed by atoms with E-state index in [1.54, 1.807) is 79.9 Å². The van der Waals surface area contributed by atoms with Crippen LogP contribution in [-0.4, -0.2) is 57.3 Å². The second-order valence-corrected chi connectivity index (χ2v) is 11.3. The maximum atomic E-state index is 14.9. The van der Waals surface area contributed by atoms with Gasteiger partial charge in [-0.05, 0) is 71.8 Å². The smallest absolute Gasteiger partial charge is 0.326 e. The van der Waals surface area contributed by atoms with E-state index in [0.717, 1.165) is 16.2 Å². The molecule has 10 heteroatoms. The Kier molecular flexibility index (Phi) is 7.99. The predicted octanol–water partition coefficient (Wildman–Crippen LogP) is 4.94. The Morgan fingerprint density at radius 2 is 1.67 bits per heavy atom. The summed E-state index contributed by atoms with van der Waals surface area (Å²) in [6.45, 7) is 1.79. The summed E-state index contributed by atoms with van der Waals surface area (Å²) in [4.78, 5) is 61.5. The molecule has 3 atom stereocenters. The molecule has 4 aromatic carbocycles. The number of hydrogen-bond donors (Lipinski definition) is 3. The van der Waals surface area contributed by atoms with Gasteiger partial charge < -0.3 is 21.0 Å². The third-order valence-corrected chi connectivity index (χ3v) is 8.45. The van der Waals surface area contributed by atoms with Crippen molar-refractivity contribution in [1.29, 1.82) is 0 Å². The fraction of sp³-hybridized carbons (Fsp3) is 0.194. The average molecular weight is 617 g/mol. The number of anilines is 2. The Labute approximate surface area is 266 Å². The number of amides is 3. The van der Waals surface area contributed by atoms with Crippen molar-refractivity contribution in [2.45, 2.75) is 37.9 Å². The van der Waals surface area contributed by atoms with Gasteiger partial charge >= 0.3 is 5.97 Å². The standard InChI is InChI=1S/C36H33N5O5/c1-22(34(43)40-19-7-12-30(40)36(45)46)41(28-16-15-23-8-5-6-11-26(23)20-28)35(44)31(25-9-3-2-4-10-25)39-33(42)27-14-13-24-17-18-38-32(37)29(24)21-27/h2-6,8-11,13-18,20-22,30-31H,7,12,19H2,1H3,(H2,37,38)(H,39,42)(H,45,46)/t22-,30+,31+/m0/s1/i/hD. The summed E-state index contributed by atoms with van der Waals surface area (Å²) in [5.74, 6) is -2.89. The molecule has 1 aliphatic rings. The maximum absolute atomic E-state index is 14.9. The normalized spacial score (nSPS) is 16.1. The Bertz CT molecular complexity index is 2000. The minimum atomic E-state index is -1.47. The van der Waals surface area contributed by atoms with Crippen LogP contribution in [-0.2, 0) is 14.4 Å². The number of aromatic nitrogens is 1. The minimum Gasteiger partial charge on any atom is -0.480 e.